The molecule has 1 atom stereocenters. The van der Waals surface area contributed by atoms with Crippen molar-refractivity contribution in [2.75, 3.05) is 0 Å². The van der Waals surface area contributed by atoms with Crippen molar-refractivity contribution in [1.29, 1.82) is 0 Å². The number of hydrogen-bond donors (Lipinski definition) is 2. The molecule has 5 heteroatoms. The predicted octanol–water partition coefficient (Wildman–Crippen LogP) is 2.74. The van der Waals surface area contributed by atoms with E-state index in [-0.39, 0.29) is 18.4 Å². The third-order valence-electron chi connectivity index (χ3n) is 2.68. The molecular formula is C13H16BrNO3. The van der Waals surface area contributed by atoms with E-state index in [1.807, 2.05) is 13.0 Å². The topological polar surface area (TPSA) is 66.4 Å². The lowest BCUT2D eigenvalue weighted by molar-refractivity contribution is -0.137. The number of aliphatic carboxylic acids is 1. The molecule has 18 heavy (non-hydrogen) atoms. The van der Waals surface area contributed by atoms with E-state index in [4.69, 9.17) is 5.11 Å². The van der Waals surface area contributed by atoms with Crippen molar-refractivity contribution in [3.8, 4) is 0 Å². The van der Waals surface area contributed by atoms with Gasteiger partial charge in [-0.1, -0.05) is 22.0 Å². The van der Waals surface area contributed by atoms with E-state index in [0.29, 0.717) is 12.0 Å². The molecule has 1 unspecified atom stereocenters. The highest BCUT2D eigenvalue weighted by Crippen LogP contribution is 2.19. The van der Waals surface area contributed by atoms with E-state index >= 15 is 0 Å². The Hall–Kier alpha value is -1.36. The van der Waals surface area contributed by atoms with E-state index in [1.54, 1.807) is 19.1 Å². The van der Waals surface area contributed by atoms with Gasteiger partial charge in [0, 0.05) is 22.5 Å². The fourth-order valence-corrected chi connectivity index (χ4v) is 1.93. The summed E-state index contributed by atoms with van der Waals surface area (Å²) in [5.41, 5.74) is 1.48. The van der Waals surface area contributed by atoms with Crippen LogP contribution in [-0.2, 0) is 4.79 Å². The number of nitrogens with one attached hydrogen (secondary N) is 1. The Balaban J connectivity index is 2.65. The smallest absolute Gasteiger partial charge is 0.303 e. The lowest BCUT2D eigenvalue weighted by Crippen LogP contribution is -2.33. The van der Waals surface area contributed by atoms with Gasteiger partial charge in [0.2, 0.25) is 0 Å². The molecule has 0 heterocycles. The SMILES string of the molecule is Cc1c(Br)cccc1C(=O)NC(C)CCC(=O)O. The number of carboxylic acids is 1. The van der Waals surface area contributed by atoms with E-state index in [2.05, 4.69) is 21.2 Å². The number of halogens is 1. The van der Waals surface area contributed by atoms with E-state index in [0.717, 1.165) is 10.0 Å². The van der Waals surface area contributed by atoms with Crippen LogP contribution >= 0.6 is 15.9 Å². The minimum atomic E-state index is -0.852. The molecule has 0 bridgehead atoms. The summed E-state index contributed by atoms with van der Waals surface area (Å²) >= 11 is 3.37. The number of benzene rings is 1. The number of carboxylic acid groups (broad SMARTS) is 1. The highest BCUT2D eigenvalue weighted by molar-refractivity contribution is 9.10. The van der Waals surface area contributed by atoms with Crippen LogP contribution in [0.4, 0.5) is 0 Å². The third kappa shape index (κ3) is 4.14. The van der Waals surface area contributed by atoms with Crippen LogP contribution in [0.1, 0.15) is 35.7 Å². The van der Waals surface area contributed by atoms with Gasteiger partial charge in [-0.2, -0.15) is 0 Å². The van der Waals surface area contributed by atoms with E-state index < -0.39 is 5.97 Å². The van der Waals surface area contributed by atoms with Crippen LogP contribution in [0.5, 0.6) is 0 Å². The van der Waals surface area contributed by atoms with Crippen LogP contribution in [0.2, 0.25) is 0 Å². The third-order valence-corrected chi connectivity index (χ3v) is 3.54. The monoisotopic (exact) mass is 313 g/mol. The van der Waals surface area contributed by atoms with Crippen molar-refractivity contribution in [2.24, 2.45) is 0 Å². The molecule has 4 nitrogen and oxygen atoms in total. The molecule has 0 fully saturated rings. The molecule has 0 radical (unpaired) electrons. The zero-order valence-electron chi connectivity index (χ0n) is 10.4. The largest absolute Gasteiger partial charge is 0.481 e. The van der Waals surface area contributed by atoms with Crippen LogP contribution in [-0.4, -0.2) is 23.0 Å². The highest BCUT2D eigenvalue weighted by atomic mass is 79.9. The molecule has 0 spiro atoms. The lowest BCUT2D eigenvalue weighted by atomic mass is 10.1. The Morgan fingerprint density at radius 3 is 2.72 bits per heavy atom. The van der Waals surface area contributed by atoms with Gasteiger partial charge in [0.25, 0.3) is 5.91 Å². The molecule has 0 saturated heterocycles. The van der Waals surface area contributed by atoms with Gasteiger partial charge >= 0.3 is 5.97 Å². The lowest BCUT2D eigenvalue weighted by Gasteiger charge is -2.14. The zero-order valence-corrected chi connectivity index (χ0v) is 12.0. The molecule has 0 aliphatic carbocycles. The van der Waals surface area contributed by atoms with Gasteiger partial charge in [-0.3, -0.25) is 9.59 Å². The number of amides is 1. The first-order chi connectivity index (χ1) is 8.41. The molecule has 0 aromatic heterocycles. The van der Waals surface area contributed by atoms with Crippen molar-refractivity contribution < 1.29 is 14.7 Å². The fraction of sp³-hybridized carbons (Fsp3) is 0.385. The summed E-state index contributed by atoms with van der Waals surface area (Å²) in [6, 6.07) is 5.26. The molecule has 1 aromatic carbocycles. The Kier molecular flexibility index (Phi) is 5.34. The second kappa shape index (κ2) is 6.54. The van der Waals surface area contributed by atoms with E-state index in [9.17, 15) is 9.59 Å². The molecule has 0 saturated carbocycles. The summed E-state index contributed by atoms with van der Waals surface area (Å²) in [6.45, 7) is 3.66. The Morgan fingerprint density at radius 2 is 2.11 bits per heavy atom. The van der Waals surface area contributed by atoms with Gasteiger partial charge in [-0.05, 0) is 38.0 Å². The summed E-state index contributed by atoms with van der Waals surface area (Å²) in [7, 11) is 0. The summed E-state index contributed by atoms with van der Waals surface area (Å²) in [6.07, 6.45) is 0.479. The second-order valence-corrected chi connectivity index (χ2v) is 5.07. The molecular weight excluding hydrogens is 298 g/mol. The van der Waals surface area contributed by atoms with E-state index in [1.165, 1.54) is 0 Å². The second-order valence-electron chi connectivity index (χ2n) is 4.22. The normalized spacial score (nSPS) is 11.9. The van der Waals surface area contributed by atoms with Gasteiger partial charge < -0.3 is 10.4 Å². The fourth-order valence-electron chi connectivity index (χ4n) is 1.57. The minimum absolute atomic E-state index is 0.0545. The summed E-state index contributed by atoms with van der Waals surface area (Å²) < 4.78 is 0.883. The number of rotatable bonds is 5. The maximum absolute atomic E-state index is 12.0. The minimum Gasteiger partial charge on any atom is -0.481 e. The quantitative estimate of drug-likeness (QED) is 0.878. The first kappa shape index (κ1) is 14.7. The molecule has 0 aliphatic rings. The van der Waals surface area contributed by atoms with Crippen LogP contribution < -0.4 is 5.32 Å². The maximum Gasteiger partial charge on any atom is 0.303 e. The standard InChI is InChI=1S/C13H16BrNO3/c1-8(6-7-12(16)17)15-13(18)10-4-3-5-11(14)9(10)2/h3-5,8H,6-7H2,1-2H3,(H,15,18)(H,16,17). The Labute approximate surface area is 115 Å². The van der Waals surface area contributed by atoms with Gasteiger partial charge in [0.1, 0.15) is 0 Å². The first-order valence-electron chi connectivity index (χ1n) is 5.69. The number of hydrogen-bond acceptors (Lipinski definition) is 2. The molecule has 0 aliphatic heterocycles. The number of carbonyl (C=O) groups excluding carboxylic acids is 1. The van der Waals surface area contributed by atoms with Gasteiger partial charge in [-0.25, -0.2) is 0 Å². The van der Waals surface area contributed by atoms with Crippen molar-refractivity contribution in [2.45, 2.75) is 32.7 Å². The summed E-state index contributed by atoms with van der Waals surface area (Å²) in [5.74, 6) is -1.03. The molecule has 1 amide bonds. The molecule has 1 rings (SSSR count). The average molecular weight is 314 g/mol. The van der Waals surface area contributed by atoms with Crippen molar-refractivity contribution in [3.05, 3.63) is 33.8 Å². The molecule has 2 N–H and O–H groups in total. The molecule has 98 valence electrons. The van der Waals surface area contributed by atoms with Gasteiger partial charge in [0.05, 0.1) is 0 Å². The maximum atomic E-state index is 12.0. The van der Waals surface area contributed by atoms with Crippen molar-refractivity contribution >= 4 is 27.8 Å². The van der Waals surface area contributed by atoms with Gasteiger partial charge in [-0.15, -0.1) is 0 Å². The number of carbonyl (C=O) groups is 2. The van der Waals surface area contributed by atoms with Crippen molar-refractivity contribution in [1.82, 2.24) is 5.32 Å². The zero-order chi connectivity index (χ0) is 13.7. The Bertz CT molecular complexity index is 460. The average Bonchev–Trinajstić information content (AvgIpc) is 2.30. The van der Waals surface area contributed by atoms with Crippen LogP contribution in [0.15, 0.2) is 22.7 Å². The summed E-state index contributed by atoms with van der Waals surface area (Å²) in [4.78, 5) is 22.4. The molecule has 1 aromatic rings. The first-order valence-corrected chi connectivity index (χ1v) is 6.49. The summed E-state index contributed by atoms with van der Waals surface area (Å²) in [5, 5.41) is 11.4. The van der Waals surface area contributed by atoms with Crippen molar-refractivity contribution in [3.63, 3.8) is 0 Å². The predicted molar refractivity (Wildman–Crippen MR) is 72.7 cm³/mol. The van der Waals surface area contributed by atoms with Crippen LogP contribution in [0, 0.1) is 6.92 Å². The van der Waals surface area contributed by atoms with Crippen LogP contribution in [0.3, 0.4) is 0 Å². The highest BCUT2D eigenvalue weighted by Gasteiger charge is 2.13. The Morgan fingerprint density at radius 1 is 1.44 bits per heavy atom. The van der Waals surface area contributed by atoms with Gasteiger partial charge in [0.15, 0.2) is 0 Å². The van der Waals surface area contributed by atoms with Crippen LogP contribution in [0.25, 0.3) is 0 Å².